The van der Waals surface area contributed by atoms with Crippen LogP contribution in [-0.4, -0.2) is 38.8 Å². The highest BCUT2D eigenvalue weighted by atomic mass is 32.1. The normalized spacial score (nSPS) is 19.1. The summed E-state index contributed by atoms with van der Waals surface area (Å²) in [5.41, 5.74) is 5.31. The molecule has 3 aromatic rings. The van der Waals surface area contributed by atoms with Gasteiger partial charge in [0.25, 0.3) is 5.91 Å². The largest absolute Gasteiger partial charge is 0.356 e. The third-order valence-electron chi connectivity index (χ3n) is 5.01. The first-order valence-electron chi connectivity index (χ1n) is 8.73. The summed E-state index contributed by atoms with van der Waals surface area (Å²) in [7, 11) is 0. The van der Waals surface area contributed by atoms with Gasteiger partial charge in [-0.15, -0.1) is 11.3 Å². The van der Waals surface area contributed by atoms with Crippen LogP contribution in [0.1, 0.15) is 28.8 Å². The molecule has 2 aromatic heterocycles. The van der Waals surface area contributed by atoms with Gasteiger partial charge in [0.15, 0.2) is 5.76 Å². The molecule has 1 N–H and O–H groups in total. The Balaban J connectivity index is 1.42. The summed E-state index contributed by atoms with van der Waals surface area (Å²) in [6, 6.07) is 6.61. The molecule has 2 aliphatic rings. The topological polar surface area (TPSA) is 105 Å². The Morgan fingerprint density at radius 2 is 2.07 bits per heavy atom. The van der Waals surface area contributed by atoms with Crippen LogP contribution in [0.3, 0.4) is 0 Å². The number of nitrogens with one attached hydrogen (secondary N) is 1. The van der Waals surface area contributed by atoms with Crippen LogP contribution in [0.5, 0.6) is 0 Å². The smallest absolute Gasteiger partial charge is 0.255 e. The summed E-state index contributed by atoms with van der Waals surface area (Å²) in [6.07, 6.45) is 0.579. The molecule has 1 unspecified atom stereocenters. The molecule has 28 heavy (non-hydrogen) atoms. The third-order valence-corrected chi connectivity index (χ3v) is 5.60. The monoisotopic (exact) mass is 394 g/mol. The first kappa shape index (κ1) is 16.8. The second-order valence-electron chi connectivity index (χ2n) is 6.72. The van der Waals surface area contributed by atoms with Crippen molar-refractivity contribution in [3.8, 4) is 22.7 Å². The fraction of sp³-hybridized carbons (Fsp3) is 0.211. The highest BCUT2D eigenvalue weighted by molar-refractivity contribution is 7.07. The van der Waals surface area contributed by atoms with E-state index in [1.54, 1.807) is 17.6 Å². The van der Waals surface area contributed by atoms with Crippen molar-refractivity contribution < 1.29 is 18.9 Å². The second-order valence-corrected chi connectivity index (χ2v) is 7.44. The minimum Gasteiger partial charge on any atom is -0.356 e. The number of carbonyl (C=O) groups is 3. The second kappa shape index (κ2) is 6.38. The molecule has 8 nitrogen and oxygen atoms in total. The lowest BCUT2D eigenvalue weighted by Gasteiger charge is -2.29. The van der Waals surface area contributed by atoms with Crippen LogP contribution in [-0.2, 0) is 16.1 Å². The zero-order chi connectivity index (χ0) is 19.3. The van der Waals surface area contributed by atoms with Crippen molar-refractivity contribution in [2.24, 2.45) is 0 Å². The van der Waals surface area contributed by atoms with E-state index >= 15 is 0 Å². The molecular weight excluding hydrogens is 380 g/mol. The number of thiazole rings is 1. The van der Waals surface area contributed by atoms with Gasteiger partial charge in [-0.2, -0.15) is 0 Å². The molecule has 0 spiro atoms. The maximum Gasteiger partial charge on any atom is 0.255 e. The average molecular weight is 394 g/mol. The molecule has 0 aliphatic carbocycles. The summed E-state index contributed by atoms with van der Waals surface area (Å²) in [5, 5.41) is 8.25. The maximum absolute atomic E-state index is 12.7. The van der Waals surface area contributed by atoms with E-state index in [-0.39, 0.29) is 18.2 Å². The summed E-state index contributed by atoms with van der Waals surface area (Å²) in [5.74, 6) is -0.329. The van der Waals surface area contributed by atoms with Gasteiger partial charge in [-0.05, 0) is 24.1 Å². The van der Waals surface area contributed by atoms with Gasteiger partial charge in [0.1, 0.15) is 17.4 Å². The van der Waals surface area contributed by atoms with Crippen LogP contribution in [0, 0.1) is 0 Å². The molecule has 0 bridgehead atoms. The number of piperidine rings is 1. The Bertz CT molecular complexity index is 1110. The first-order valence-corrected chi connectivity index (χ1v) is 9.67. The third kappa shape index (κ3) is 2.71. The molecule has 4 heterocycles. The van der Waals surface area contributed by atoms with Crippen molar-refractivity contribution in [3.63, 3.8) is 0 Å². The van der Waals surface area contributed by atoms with Crippen molar-refractivity contribution >= 4 is 29.1 Å². The highest BCUT2D eigenvalue weighted by Crippen LogP contribution is 2.32. The number of carbonyl (C=O) groups excluding carboxylic acids is 3. The van der Waals surface area contributed by atoms with E-state index in [0.29, 0.717) is 30.0 Å². The predicted octanol–water partition coefficient (Wildman–Crippen LogP) is 2.23. The van der Waals surface area contributed by atoms with Gasteiger partial charge >= 0.3 is 0 Å². The van der Waals surface area contributed by atoms with E-state index in [1.807, 2.05) is 17.5 Å². The molecule has 0 radical (unpaired) electrons. The minimum absolute atomic E-state index is 0.197. The van der Waals surface area contributed by atoms with E-state index in [4.69, 9.17) is 4.52 Å². The van der Waals surface area contributed by atoms with Gasteiger partial charge in [0.05, 0.1) is 5.51 Å². The number of rotatable bonds is 3. The van der Waals surface area contributed by atoms with Crippen molar-refractivity contribution in [2.45, 2.75) is 25.4 Å². The lowest BCUT2D eigenvalue weighted by Crippen LogP contribution is -2.52. The highest BCUT2D eigenvalue weighted by Gasteiger charge is 2.39. The number of amides is 3. The predicted molar refractivity (Wildman–Crippen MR) is 99.1 cm³/mol. The molecule has 1 atom stereocenters. The van der Waals surface area contributed by atoms with E-state index < -0.39 is 11.9 Å². The van der Waals surface area contributed by atoms with Crippen LogP contribution in [0.4, 0.5) is 0 Å². The van der Waals surface area contributed by atoms with Gasteiger partial charge in [0.2, 0.25) is 11.8 Å². The van der Waals surface area contributed by atoms with Crippen molar-refractivity contribution in [3.05, 3.63) is 46.3 Å². The Kier molecular flexibility index (Phi) is 3.83. The van der Waals surface area contributed by atoms with E-state index in [1.165, 1.54) is 16.2 Å². The Morgan fingerprint density at radius 1 is 1.18 bits per heavy atom. The number of nitrogens with zero attached hydrogens (tertiary/aromatic N) is 3. The number of fused-ring (bicyclic) bond motifs is 1. The minimum atomic E-state index is -0.623. The average Bonchev–Trinajstić information content (AvgIpc) is 3.41. The van der Waals surface area contributed by atoms with Gasteiger partial charge in [-0.25, -0.2) is 4.98 Å². The van der Waals surface area contributed by atoms with Gasteiger partial charge in [-0.3, -0.25) is 19.7 Å². The van der Waals surface area contributed by atoms with Crippen molar-refractivity contribution in [1.29, 1.82) is 0 Å². The number of benzene rings is 1. The van der Waals surface area contributed by atoms with Crippen molar-refractivity contribution in [2.75, 3.05) is 0 Å². The Morgan fingerprint density at radius 3 is 2.86 bits per heavy atom. The summed E-state index contributed by atoms with van der Waals surface area (Å²) in [4.78, 5) is 42.0. The Labute approximate surface area is 163 Å². The molecule has 1 aromatic carbocycles. The zero-order valence-electron chi connectivity index (χ0n) is 14.5. The van der Waals surface area contributed by atoms with Crippen molar-refractivity contribution in [1.82, 2.24) is 20.4 Å². The zero-order valence-corrected chi connectivity index (χ0v) is 15.4. The Hall–Kier alpha value is -3.33. The van der Waals surface area contributed by atoms with Crippen LogP contribution in [0.15, 0.2) is 39.7 Å². The number of hydrogen-bond donors (Lipinski definition) is 1. The molecule has 0 saturated carbocycles. The molecule has 1 saturated heterocycles. The maximum atomic E-state index is 12.7. The molecule has 2 aliphatic heterocycles. The number of aromatic nitrogens is 2. The van der Waals surface area contributed by atoms with Crippen LogP contribution < -0.4 is 5.32 Å². The van der Waals surface area contributed by atoms with Gasteiger partial charge < -0.3 is 9.42 Å². The van der Waals surface area contributed by atoms with Crippen LogP contribution >= 0.6 is 11.3 Å². The molecule has 9 heteroatoms. The fourth-order valence-electron chi connectivity index (χ4n) is 3.60. The number of imide groups is 1. The molecule has 1 fully saturated rings. The first-order chi connectivity index (χ1) is 13.6. The lowest BCUT2D eigenvalue weighted by atomic mass is 10.0. The summed E-state index contributed by atoms with van der Waals surface area (Å²) < 4.78 is 5.45. The molecule has 140 valence electrons. The molecule has 5 rings (SSSR count). The SMILES string of the molecule is O=C1CCC(N2Cc3cc(-c4cc(-c5cscn5)no4)ccc3C2=O)C(=O)N1. The summed E-state index contributed by atoms with van der Waals surface area (Å²) >= 11 is 1.48. The molecule has 3 amide bonds. The number of hydrogen-bond acceptors (Lipinski definition) is 7. The van der Waals surface area contributed by atoms with E-state index in [2.05, 4.69) is 15.5 Å². The standard InChI is InChI=1S/C19H14N4O4S/c24-17-4-3-15(18(25)21-17)23-7-11-5-10(1-2-12(11)19(23)26)16-6-13(22-27-16)14-8-28-9-20-14/h1-2,5-6,8-9,15H,3-4,7H2,(H,21,24,25). The van der Waals surface area contributed by atoms with Crippen LogP contribution in [0.2, 0.25) is 0 Å². The van der Waals surface area contributed by atoms with Gasteiger partial charge in [-0.1, -0.05) is 11.2 Å². The van der Waals surface area contributed by atoms with Gasteiger partial charge in [0, 0.05) is 35.5 Å². The summed E-state index contributed by atoms with van der Waals surface area (Å²) in [6.45, 7) is 0.321. The van der Waals surface area contributed by atoms with E-state index in [9.17, 15) is 14.4 Å². The quantitative estimate of drug-likeness (QED) is 0.683. The van der Waals surface area contributed by atoms with E-state index in [0.717, 1.165) is 16.8 Å². The fourth-order valence-corrected chi connectivity index (χ4v) is 4.14. The molecular formula is C19H14N4O4S. The lowest BCUT2D eigenvalue weighted by molar-refractivity contribution is -0.136. The van der Waals surface area contributed by atoms with Crippen LogP contribution in [0.25, 0.3) is 22.7 Å².